The monoisotopic (exact) mass is 256 g/mol. The zero-order valence-corrected chi connectivity index (χ0v) is 10.2. The van der Waals surface area contributed by atoms with Crippen molar-refractivity contribution in [2.75, 3.05) is 13.1 Å². The predicted molar refractivity (Wildman–Crippen MR) is 61.8 cm³/mol. The molecule has 0 bridgehead atoms. The Kier molecular flexibility index (Phi) is 3.38. The van der Waals surface area contributed by atoms with Crippen LogP contribution in [0.25, 0.3) is 0 Å². The van der Waals surface area contributed by atoms with Crippen molar-refractivity contribution in [2.24, 2.45) is 0 Å². The second kappa shape index (κ2) is 4.79. The Balaban J connectivity index is 2.24. The largest absolute Gasteiger partial charge is 0.452 e. The van der Waals surface area contributed by atoms with Crippen molar-refractivity contribution in [3.05, 3.63) is 23.1 Å². The Labute approximate surface area is 104 Å². The minimum Gasteiger partial charge on any atom is -0.452 e. The lowest BCUT2D eigenvalue weighted by Gasteiger charge is -2.34. The van der Waals surface area contributed by atoms with Crippen LogP contribution in [-0.4, -0.2) is 35.8 Å². The first-order chi connectivity index (χ1) is 8.15. The molecule has 0 spiro atoms. The van der Waals surface area contributed by atoms with E-state index in [2.05, 4.69) is 5.32 Å². The fourth-order valence-electron chi connectivity index (χ4n) is 1.96. The molecular formula is C11H13ClN2O3. The summed E-state index contributed by atoms with van der Waals surface area (Å²) in [6, 6.07) is 1.09. The number of rotatable bonds is 2. The van der Waals surface area contributed by atoms with Crippen LogP contribution in [-0.2, 0) is 4.79 Å². The van der Waals surface area contributed by atoms with Crippen molar-refractivity contribution < 1.29 is 14.0 Å². The highest BCUT2D eigenvalue weighted by Crippen LogP contribution is 2.21. The van der Waals surface area contributed by atoms with E-state index in [1.165, 1.54) is 17.2 Å². The molecule has 6 heteroatoms. The first kappa shape index (κ1) is 12.0. The molecule has 1 aliphatic rings. The summed E-state index contributed by atoms with van der Waals surface area (Å²) in [6.45, 7) is 2.83. The third-order valence-corrected chi connectivity index (χ3v) is 3.12. The lowest BCUT2D eigenvalue weighted by Crippen LogP contribution is -2.56. The number of hydrogen-bond acceptors (Lipinski definition) is 3. The van der Waals surface area contributed by atoms with Crippen molar-refractivity contribution in [1.29, 1.82) is 0 Å². The van der Waals surface area contributed by atoms with Gasteiger partial charge in [0.1, 0.15) is 6.04 Å². The van der Waals surface area contributed by atoms with Gasteiger partial charge in [-0.25, -0.2) is 0 Å². The smallest absolute Gasteiger partial charge is 0.259 e. The van der Waals surface area contributed by atoms with Gasteiger partial charge in [0.2, 0.25) is 11.1 Å². The zero-order valence-electron chi connectivity index (χ0n) is 9.40. The molecule has 1 fully saturated rings. The summed E-state index contributed by atoms with van der Waals surface area (Å²) >= 11 is 5.77. The number of carbonyl (C=O) groups is 2. The normalized spacial score (nSPS) is 20.2. The fourth-order valence-corrected chi connectivity index (χ4v) is 2.16. The van der Waals surface area contributed by atoms with E-state index in [9.17, 15) is 9.59 Å². The van der Waals surface area contributed by atoms with E-state index < -0.39 is 6.04 Å². The standard InChI is InChI=1S/C11H13ClN2O3/c1-2-8-10(15)13-4-5-14(8)11(16)7-3-6-17-9(7)12/h3,6,8H,2,4-5H2,1H3,(H,13,15). The number of carbonyl (C=O) groups excluding carboxylic acids is 2. The Morgan fingerprint density at radius 3 is 3.06 bits per heavy atom. The van der Waals surface area contributed by atoms with E-state index in [4.69, 9.17) is 16.0 Å². The SMILES string of the molecule is CCC1C(=O)NCCN1C(=O)c1ccoc1Cl. The number of halogens is 1. The van der Waals surface area contributed by atoms with Gasteiger partial charge in [-0.1, -0.05) is 6.92 Å². The minimum atomic E-state index is -0.429. The first-order valence-electron chi connectivity index (χ1n) is 5.46. The van der Waals surface area contributed by atoms with E-state index in [1.54, 1.807) is 0 Å². The molecule has 1 atom stereocenters. The molecule has 1 unspecified atom stereocenters. The highest BCUT2D eigenvalue weighted by atomic mass is 35.5. The van der Waals surface area contributed by atoms with Crippen LogP contribution in [0, 0.1) is 0 Å². The van der Waals surface area contributed by atoms with Crippen LogP contribution in [0.1, 0.15) is 23.7 Å². The molecule has 1 aromatic rings. The van der Waals surface area contributed by atoms with Gasteiger partial charge in [-0.2, -0.15) is 0 Å². The number of amides is 2. The summed E-state index contributed by atoms with van der Waals surface area (Å²) in [5.74, 6) is -0.378. The van der Waals surface area contributed by atoms with Gasteiger partial charge in [0.25, 0.3) is 5.91 Å². The third-order valence-electron chi connectivity index (χ3n) is 2.83. The molecule has 1 aliphatic heterocycles. The third kappa shape index (κ3) is 2.15. The van der Waals surface area contributed by atoms with Gasteiger partial charge in [0, 0.05) is 13.1 Å². The maximum atomic E-state index is 12.2. The minimum absolute atomic E-state index is 0.0656. The van der Waals surface area contributed by atoms with Crippen LogP contribution in [0.5, 0.6) is 0 Å². The lowest BCUT2D eigenvalue weighted by molar-refractivity contribution is -0.127. The van der Waals surface area contributed by atoms with Crippen LogP contribution in [0.4, 0.5) is 0 Å². The van der Waals surface area contributed by atoms with Crippen LogP contribution >= 0.6 is 11.6 Å². The van der Waals surface area contributed by atoms with Crippen LogP contribution in [0.2, 0.25) is 5.22 Å². The molecule has 0 radical (unpaired) electrons. The lowest BCUT2D eigenvalue weighted by atomic mass is 10.1. The average molecular weight is 257 g/mol. The molecular weight excluding hydrogens is 244 g/mol. The van der Waals surface area contributed by atoms with Gasteiger partial charge >= 0.3 is 0 Å². The van der Waals surface area contributed by atoms with E-state index in [0.717, 1.165) is 0 Å². The van der Waals surface area contributed by atoms with E-state index in [0.29, 0.717) is 25.1 Å². The molecule has 0 aliphatic carbocycles. The molecule has 1 N–H and O–H groups in total. The van der Waals surface area contributed by atoms with Crippen molar-refractivity contribution in [2.45, 2.75) is 19.4 Å². The molecule has 17 heavy (non-hydrogen) atoms. The van der Waals surface area contributed by atoms with Crippen LogP contribution in [0.3, 0.4) is 0 Å². The summed E-state index contributed by atoms with van der Waals surface area (Å²) in [7, 11) is 0. The van der Waals surface area contributed by atoms with Gasteiger partial charge in [0.05, 0.1) is 11.8 Å². The second-order valence-electron chi connectivity index (χ2n) is 3.82. The van der Waals surface area contributed by atoms with Crippen molar-refractivity contribution >= 4 is 23.4 Å². The van der Waals surface area contributed by atoms with E-state index in [-0.39, 0.29) is 17.0 Å². The molecule has 0 saturated carbocycles. The van der Waals surface area contributed by atoms with Gasteiger partial charge in [0.15, 0.2) is 0 Å². The summed E-state index contributed by atoms with van der Waals surface area (Å²) in [4.78, 5) is 25.4. The maximum Gasteiger partial charge on any atom is 0.259 e. The molecule has 2 heterocycles. The Bertz CT molecular complexity index is 444. The molecule has 2 amide bonds. The van der Waals surface area contributed by atoms with Crippen molar-refractivity contribution in [1.82, 2.24) is 10.2 Å². The summed E-state index contributed by atoms with van der Waals surface area (Å²) in [5.41, 5.74) is 0.305. The highest BCUT2D eigenvalue weighted by molar-refractivity contribution is 6.32. The van der Waals surface area contributed by atoms with Gasteiger partial charge in [-0.05, 0) is 24.1 Å². The summed E-state index contributed by atoms with van der Waals surface area (Å²) in [5, 5.41) is 2.80. The number of nitrogens with one attached hydrogen (secondary N) is 1. The summed E-state index contributed by atoms with van der Waals surface area (Å²) < 4.78 is 4.89. The molecule has 0 aromatic carbocycles. The van der Waals surface area contributed by atoms with Gasteiger partial charge in [-0.15, -0.1) is 0 Å². The molecule has 1 saturated heterocycles. The quantitative estimate of drug-likeness (QED) is 0.867. The molecule has 5 nitrogen and oxygen atoms in total. The first-order valence-corrected chi connectivity index (χ1v) is 5.84. The molecule has 1 aromatic heterocycles. The Hall–Kier alpha value is -1.49. The van der Waals surface area contributed by atoms with Crippen LogP contribution in [0.15, 0.2) is 16.7 Å². The van der Waals surface area contributed by atoms with Crippen molar-refractivity contribution in [3.63, 3.8) is 0 Å². The second-order valence-corrected chi connectivity index (χ2v) is 4.16. The number of hydrogen-bond donors (Lipinski definition) is 1. The highest BCUT2D eigenvalue weighted by Gasteiger charge is 2.33. The van der Waals surface area contributed by atoms with E-state index >= 15 is 0 Å². The molecule has 2 rings (SSSR count). The number of furan rings is 1. The van der Waals surface area contributed by atoms with Crippen LogP contribution < -0.4 is 5.32 Å². The van der Waals surface area contributed by atoms with E-state index in [1.807, 2.05) is 6.92 Å². The van der Waals surface area contributed by atoms with Gasteiger partial charge in [-0.3, -0.25) is 9.59 Å². The average Bonchev–Trinajstić information content (AvgIpc) is 2.74. The Morgan fingerprint density at radius 2 is 2.47 bits per heavy atom. The Morgan fingerprint density at radius 1 is 1.71 bits per heavy atom. The number of nitrogens with zero attached hydrogens (tertiary/aromatic N) is 1. The zero-order chi connectivity index (χ0) is 12.4. The maximum absolute atomic E-state index is 12.2. The fraction of sp³-hybridized carbons (Fsp3) is 0.455. The predicted octanol–water partition coefficient (Wildman–Crippen LogP) is 1.28. The summed E-state index contributed by atoms with van der Waals surface area (Å²) in [6.07, 6.45) is 1.94. The van der Waals surface area contributed by atoms with Crippen molar-refractivity contribution in [3.8, 4) is 0 Å². The topological polar surface area (TPSA) is 62.6 Å². The van der Waals surface area contributed by atoms with Gasteiger partial charge < -0.3 is 14.6 Å². The molecule has 92 valence electrons. The number of piperazine rings is 1.